The molecule has 2 nitrogen and oxygen atoms in total. The lowest BCUT2D eigenvalue weighted by Crippen LogP contribution is -2.28. The number of halogens is 1. The lowest BCUT2D eigenvalue weighted by molar-refractivity contribution is 0.0947. The lowest BCUT2D eigenvalue weighted by Gasteiger charge is -2.11. The Morgan fingerprint density at radius 3 is 2.83 bits per heavy atom. The first-order valence-corrected chi connectivity index (χ1v) is 7.40. The molecule has 0 aliphatic heterocycles. The van der Waals surface area contributed by atoms with Crippen LogP contribution in [0.2, 0.25) is 0 Å². The normalized spacial score (nSPS) is 23.1. The molecule has 1 aromatic rings. The van der Waals surface area contributed by atoms with Gasteiger partial charge in [-0.25, -0.2) is 0 Å². The Morgan fingerprint density at radius 2 is 2.22 bits per heavy atom. The first-order chi connectivity index (χ1) is 8.56. The molecule has 0 bridgehead atoms. The van der Waals surface area contributed by atoms with Gasteiger partial charge in [-0.2, -0.15) is 0 Å². The van der Waals surface area contributed by atoms with Crippen LogP contribution >= 0.6 is 15.9 Å². The van der Waals surface area contributed by atoms with E-state index in [1.54, 1.807) is 0 Å². The molecule has 0 saturated heterocycles. The number of hydrogen-bond acceptors (Lipinski definition) is 1. The fraction of sp³-hybridized carbons (Fsp3) is 0.533. The molecule has 1 fully saturated rings. The summed E-state index contributed by atoms with van der Waals surface area (Å²) in [5, 5.41) is 3.05. The molecule has 1 saturated carbocycles. The number of nitrogens with one attached hydrogen (secondary N) is 1. The van der Waals surface area contributed by atoms with Crippen molar-refractivity contribution < 1.29 is 4.79 Å². The van der Waals surface area contributed by atoms with Crippen LogP contribution in [0.4, 0.5) is 0 Å². The van der Waals surface area contributed by atoms with Crippen molar-refractivity contribution in [1.29, 1.82) is 0 Å². The number of aryl methyl sites for hydroxylation is 1. The van der Waals surface area contributed by atoms with E-state index in [2.05, 4.69) is 28.2 Å². The molecule has 2 rings (SSSR count). The van der Waals surface area contributed by atoms with E-state index in [9.17, 15) is 4.79 Å². The molecule has 1 amide bonds. The van der Waals surface area contributed by atoms with Gasteiger partial charge in [0.25, 0.3) is 5.91 Å². The third kappa shape index (κ3) is 3.35. The summed E-state index contributed by atoms with van der Waals surface area (Å²) in [4.78, 5) is 12.0. The first kappa shape index (κ1) is 13.6. The highest BCUT2D eigenvalue weighted by atomic mass is 79.9. The summed E-state index contributed by atoms with van der Waals surface area (Å²) in [6.45, 7) is 5.12. The van der Waals surface area contributed by atoms with E-state index in [-0.39, 0.29) is 5.91 Å². The summed E-state index contributed by atoms with van der Waals surface area (Å²) in [7, 11) is 0. The van der Waals surface area contributed by atoms with E-state index in [4.69, 9.17) is 0 Å². The molecule has 0 aromatic heterocycles. The number of carbonyl (C=O) groups excluding carboxylic acids is 1. The van der Waals surface area contributed by atoms with Gasteiger partial charge in [0.2, 0.25) is 0 Å². The first-order valence-electron chi connectivity index (χ1n) is 6.60. The fourth-order valence-electron chi connectivity index (χ4n) is 2.58. The second-order valence-corrected chi connectivity index (χ2v) is 6.31. The molecule has 2 atom stereocenters. The van der Waals surface area contributed by atoms with Gasteiger partial charge in [0.15, 0.2) is 0 Å². The van der Waals surface area contributed by atoms with E-state index in [0.717, 1.165) is 28.1 Å². The molecule has 18 heavy (non-hydrogen) atoms. The minimum atomic E-state index is 0.0373. The summed E-state index contributed by atoms with van der Waals surface area (Å²) in [6, 6.07) is 5.74. The van der Waals surface area contributed by atoms with Crippen molar-refractivity contribution in [2.45, 2.75) is 33.1 Å². The van der Waals surface area contributed by atoms with Gasteiger partial charge in [-0.15, -0.1) is 0 Å². The van der Waals surface area contributed by atoms with E-state index in [1.807, 2.05) is 25.1 Å². The molecular formula is C15H20BrNO. The molecular weight excluding hydrogens is 290 g/mol. The van der Waals surface area contributed by atoms with Gasteiger partial charge >= 0.3 is 0 Å². The molecule has 1 aliphatic carbocycles. The van der Waals surface area contributed by atoms with Crippen LogP contribution in [-0.4, -0.2) is 12.5 Å². The van der Waals surface area contributed by atoms with Crippen molar-refractivity contribution in [2.24, 2.45) is 11.8 Å². The molecule has 1 aromatic carbocycles. The van der Waals surface area contributed by atoms with E-state index >= 15 is 0 Å². The van der Waals surface area contributed by atoms with Gasteiger partial charge in [-0.3, -0.25) is 4.79 Å². The average molecular weight is 310 g/mol. The number of rotatable bonds is 3. The van der Waals surface area contributed by atoms with Crippen LogP contribution < -0.4 is 5.32 Å². The summed E-state index contributed by atoms with van der Waals surface area (Å²) in [5.41, 5.74) is 1.88. The summed E-state index contributed by atoms with van der Waals surface area (Å²) < 4.78 is 0.990. The smallest absolute Gasteiger partial charge is 0.251 e. The zero-order valence-electron chi connectivity index (χ0n) is 11.0. The minimum Gasteiger partial charge on any atom is -0.352 e. The van der Waals surface area contributed by atoms with Gasteiger partial charge in [-0.05, 0) is 49.3 Å². The van der Waals surface area contributed by atoms with Crippen LogP contribution in [0.15, 0.2) is 22.7 Å². The van der Waals surface area contributed by atoms with Gasteiger partial charge in [-0.1, -0.05) is 35.3 Å². The lowest BCUT2D eigenvalue weighted by atomic mass is 10.1. The molecule has 0 radical (unpaired) electrons. The Balaban J connectivity index is 1.89. The van der Waals surface area contributed by atoms with Crippen LogP contribution in [0.5, 0.6) is 0 Å². The molecule has 1 aliphatic rings. The third-order valence-electron chi connectivity index (χ3n) is 3.79. The SMILES string of the molecule is Cc1ccc(C(=O)NCC2CCC(C)C2)cc1Br. The molecule has 2 unspecified atom stereocenters. The topological polar surface area (TPSA) is 29.1 Å². The molecule has 98 valence electrons. The van der Waals surface area contributed by atoms with E-state index in [0.29, 0.717) is 5.92 Å². The van der Waals surface area contributed by atoms with Crippen LogP contribution in [0.25, 0.3) is 0 Å². The van der Waals surface area contributed by atoms with Gasteiger partial charge in [0.05, 0.1) is 0 Å². The Labute approximate surface area is 117 Å². The average Bonchev–Trinajstić information content (AvgIpc) is 2.75. The Morgan fingerprint density at radius 1 is 1.44 bits per heavy atom. The highest BCUT2D eigenvalue weighted by Gasteiger charge is 2.21. The highest BCUT2D eigenvalue weighted by Crippen LogP contribution is 2.29. The van der Waals surface area contributed by atoms with Crippen LogP contribution in [0, 0.1) is 18.8 Å². The van der Waals surface area contributed by atoms with Crippen molar-refractivity contribution in [3.63, 3.8) is 0 Å². The van der Waals surface area contributed by atoms with Crippen molar-refractivity contribution in [3.8, 4) is 0 Å². The van der Waals surface area contributed by atoms with E-state index in [1.165, 1.54) is 19.3 Å². The van der Waals surface area contributed by atoms with Crippen molar-refractivity contribution in [1.82, 2.24) is 5.32 Å². The second-order valence-electron chi connectivity index (χ2n) is 5.46. The second kappa shape index (κ2) is 5.87. The number of benzene rings is 1. The van der Waals surface area contributed by atoms with Crippen LogP contribution in [0.3, 0.4) is 0 Å². The number of hydrogen-bond donors (Lipinski definition) is 1. The van der Waals surface area contributed by atoms with Crippen molar-refractivity contribution in [3.05, 3.63) is 33.8 Å². The largest absolute Gasteiger partial charge is 0.352 e. The summed E-state index contributed by atoms with van der Waals surface area (Å²) >= 11 is 3.46. The quantitative estimate of drug-likeness (QED) is 0.900. The maximum Gasteiger partial charge on any atom is 0.251 e. The molecule has 0 heterocycles. The summed E-state index contributed by atoms with van der Waals surface area (Å²) in [6.07, 6.45) is 3.80. The summed E-state index contributed by atoms with van der Waals surface area (Å²) in [5.74, 6) is 1.52. The van der Waals surface area contributed by atoms with Gasteiger partial charge < -0.3 is 5.32 Å². The molecule has 3 heteroatoms. The Hall–Kier alpha value is -0.830. The minimum absolute atomic E-state index is 0.0373. The monoisotopic (exact) mass is 309 g/mol. The number of carbonyl (C=O) groups is 1. The fourth-order valence-corrected chi connectivity index (χ4v) is 2.96. The van der Waals surface area contributed by atoms with Crippen molar-refractivity contribution in [2.75, 3.05) is 6.54 Å². The predicted molar refractivity (Wildman–Crippen MR) is 77.7 cm³/mol. The Kier molecular flexibility index (Phi) is 4.44. The maximum atomic E-state index is 12.0. The van der Waals surface area contributed by atoms with Crippen LogP contribution in [0.1, 0.15) is 42.1 Å². The number of amides is 1. The van der Waals surface area contributed by atoms with Crippen molar-refractivity contribution >= 4 is 21.8 Å². The maximum absolute atomic E-state index is 12.0. The van der Waals surface area contributed by atoms with Crippen LogP contribution in [-0.2, 0) is 0 Å². The highest BCUT2D eigenvalue weighted by molar-refractivity contribution is 9.10. The molecule has 1 N–H and O–H groups in total. The third-order valence-corrected chi connectivity index (χ3v) is 4.64. The zero-order valence-corrected chi connectivity index (χ0v) is 12.6. The predicted octanol–water partition coefficient (Wildman–Crippen LogP) is 3.92. The zero-order chi connectivity index (χ0) is 13.1. The van der Waals surface area contributed by atoms with E-state index < -0.39 is 0 Å². The van der Waals surface area contributed by atoms with Gasteiger partial charge in [0, 0.05) is 16.6 Å². The Bertz CT molecular complexity index is 444. The van der Waals surface area contributed by atoms with Gasteiger partial charge in [0.1, 0.15) is 0 Å². The standard InChI is InChI=1S/C15H20BrNO/c1-10-3-5-12(7-10)9-17-15(18)13-6-4-11(2)14(16)8-13/h4,6,8,10,12H,3,5,7,9H2,1-2H3,(H,17,18). The molecule has 0 spiro atoms.